The summed E-state index contributed by atoms with van der Waals surface area (Å²) in [7, 11) is 0. The second-order valence-corrected chi connectivity index (χ2v) is 6.95. The van der Waals surface area contributed by atoms with Gasteiger partial charge in [0.15, 0.2) is 0 Å². The monoisotopic (exact) mass is 266 g/mol. The number of hydrogen-bond acceptors (Lipinski definition) is 3. The van der Waals surface area contributed by atoms with Gasteiger partial charge in [-0.1, -0.05) is 19.3 Å². The number of fused-ring (bicyclic) bond motifs is 1. The highest BCUT2D eigenvalue weighted by Gasteiger charge is 2.49. The number of aliphatic carboxylic acids is 1. The third-order valence-electron chi connectivity index (χ3n) is 5.56. The number of nitrogens with two attached hydrogens (primary N) is 1. The molecule has 0 bridgehead atoms. The average Bonchev–Trinajstić information content (AvgIpc) is 3.23. The fourth-order valence-electron chi connectivity index (χ4n) is 4.16. The van der Waals surface area contributed by atoms with Gasteiger partial charge in [0.05, 0.1) is 0 Å². The van der Waals surface area contributed by atoms with E-state index in [2.05, 4.69) is 4.90 Å². The van der Waals surface area contributed by atoms with Crippen LogP contribution in [0.15, 0.2) is 0 Å². The molecule has 0 amide bonds. The maximum Gasteiger partial charge on any atom is 0.325 e. The van der Waals surface area contributed by atoms with Gasteiger partial charge in [0.2, 0.25) is 0 Å². The highest BCUT2D eigenvalue weighted by Crippen LogP contribution is 2.41. The summed E-state index contributed by atoms with van der Waals surface area (Å²) in [6.07, 6.45) is 8.67. The Morgan fingerprint density at radius 3 is 2.47 bits per heavy atom. The lowest BCUT2D eigenvalue weighted by Gasteiger charge is -2.43. The molecule has 3 fully saturated rings. The van der Waals surface area contributed by atoms with E-state index in [0.29, 0.717) is 6.54 Å². The number of piperidine rings is 1. The SMILES string of the molecule is NC(CN1CCC2CCCCC2C1)(C(=O)O)C1CC1. The van der Waals surface area contributed by atoms with Gasteiger partial charge < -0.3 is 15.7 Å². The van der Waals surface area contributed by atoms with Crippen molar-refractivity contribution in [3.05, 3.63) is 0 Å². The van der Waals surface area contributed by atoms with Crippen molar-refractivity contribution in [3.8, 4) is 0 Å². The predicted molar refractivity (Wildman–Crippen MR) is 73.8 cm³/mol. The molecule has 1 heterocycles. The van der Waals surface area contributed by atoms with E-state index in [1.165, 1.54) is 32.1 Å². The lowest BCUT2D eigenvalue weighted by molar-refractivity contribution is -0.145. The van der Waals surface area contributed by atoms with Crippen molar-refractivity contribution in [1.29, 1.82) is 0 Å². The molecule has 0 radical (unpaired) electrons. The van der Waals surface area contributed by atoms with Gasteiger partial charge in [0, 0.05) is 13.1 Å². The van der Waals surface area contributed by atoms with Crippen molar-refractivity contribution in [2.45, 2.75) is 50.5 Å². The Labute approximate surface area is 115 Å². The molecule has 3 atom stereocenters. The third-order valence-corrected chi connectivity index (χ3v) is 5.56. The van der Waals surface area contributed by atoms with E-state index in [4.69, 9.17) is 5.73 Å². The first-order chi connectivity index (χ1) is 9.09. The van der Waals surface area contributed by atoms with Crippen LogP contribution in [0.3, 0.4) is 0 Å². The molecule has 108 valence electrons. The number of carboxylic acids is 1. The maximum absolute atomic E-state index is 11.5. The van der Waals surface area contributed by atoms with E-state index in [-0.39, 0.29) is 5.92 Å². The van der Waals surface area contributed by atoms with Gasteiger partial charge in [-0.25, -0.2) is 0 Å². The second-order valence-electron chi connectivity index (χ2n) is 6.95. The number of rotatable bonds is 4. The Morgan fingerprint density at radius 1 is 1.16 bits per heavy atom. The van der Waals surface area contributed by atoms with Crippen molar-refractivity contribution in [3.63, 3.8) is 0 Å². The molecule has 1 saturated heterocycles. The van der Waals surface area contributed by atoms with Crippen LogP contribution in [0.2, 0.25) is 0 Å². The molecule has 3 unspecified atom stereocenters. The summed E-state index contributed by atoms with van der Waals surface area (Å²) in [5, 5.41) is 9.45. The summed E-state index contributed by atoms with van der Waals surface area (Å²) in [5.74, 6) is 1.08. The highest BCUT2D eigenvalue weighted by molar-refractivity contribution is 5.79. The molecule has 3 aliphatic rings. The van der Waals surface area contributed by atoms with Crippen LogP contribution in [-0.2, 0) is 4.79 Å². The molecule has 2 aliphatic carbocycles. The lowest BCUT2D eigenvalue weighted by Crippen LogP contribution is -2.59. The van der Waals surface area contributed by atoms with Gasteiger partial charge in [-0.3, -0.25) is 4.79 Å². The Hall–Kier alpha value is -0.610. The molecule has 0 spiro atoms. The van der Waals surface area contributed by atoms with Gasteiger partial charge in [-0.05, 0) is 50.0 Å². The fourth-order valence-corrected chi connectivity index (χ4v) is 4.16. The summed E-state index contributed by atoms with van der Waals surface area (Å²) in [6, 6.07) is 0. The second kappa shape index (κ2) is 5.06. The number of nitrogens with zero attached hydrogens (tertiary/aromatic N) is 1. The molecule has 4 nitrogen and oxygen atoms in total. The number of carboxylic acid groups (broad SMARTS) is 1. The normalized spacial score (nSPS) is 35.4. The van der Waals surface area contributed by atoms with E-state index in [0.717, 1.165) is 37.8 Å². The zero-order chi connectivity index (χ0) is 13.5. The van der Waals surface area contributed by atoms with E-state index in [9.17, 15) is 9.90 Å². The number of hydrogen-bond donors (Lipinski definition) is 2. The minimum Gasteiger partial charge on any atom is -0.480 e. The van der Waals surface area contributed by atoms with Gasteiger partial charge in [-0.2, -0.15) is 0 Å². The molecule has 0 aromatic rings. The number of carbonyl (C=O) groups is 1. The Morgan fingerprint density at radius 2 is 1.84 bits per heavy atom. The van der Waals surface area contributed by atoms with Crippen LogP contribution in [0.4, 0.5) is 0 Å². The van der Waals surface area contributed by atoms with Crippen molar-refractivity contribution in [2.24, 2.45) is 23.5 Å². The largest absolute Gasteiger partial charge is 0.480 e. The zero-order valence-corrected chi connectivity index (χ0v) is 11.7. The minimum atomic E-state index is -0.999. The first-order valence-corrected chi connectivity index (χ1v) is 7.84. The average molecular weight is 266 g/mol. The van der Waals surface area contributed by atoms with Crippen molar-refractivity contribution < 1.29 is 9.90 Å². The standard InChI is InChI=1S/C15H26N2O2/c16-15(14(18)19,13-5-6-13)10-17-8-7-11-3-1-2-4-12(11)9-17/h11-13H,1-10,16H2,(H,18,19). The van der Waals surface area contributed by atoms with Crippen LogP contribution < -0.4 is 5.73 Å². The van der Waals surface area contributed by atoms with Gasteiger partial charge in [0.25, 0.3) is 0 Å². The molecular formula is C15H26N2O2. The van der Waals surface area contributed by atoms with E-state index in [1.54, 1.807) is 0 Å². The van der Waals surface area contributed by atoms with Crippen molar-refractivity contribution in [1.82, 2.24) is 4.90 Å². The molecule has 2 saturated carbocycles. The fraction of sp³-hybridized carbons (Fsp3) is 0.933. The van der Waals surface area contributed by atoms with Crippen molar-refractivity contribution >= 4 is 5.97 Å². The number of likely N-dealkylation sites (tertiary alicyclic amines) is 1. The topological polar surface area (TPSA) is 66.6 Å². The molecule has 19 heavy (non-hydrogen) atoms. The summed E-state index contributed by atoms with van der Waals surface area (Å²) >= 11 is 0. The summed E-state index contributed by atoms with van der Waals surface area (Å²) < 4.78 is 0. The first-order valence-electron chi connectivity index (χ1n) is 7.84. The highest BCUT2D eigenvalue weighted by atomic mass is 16.4. The molecule has 4 heteroatoms. The summed E-state index contributed by atoms with van der Waals surface area (Å²) in [6.45, 7) is 2.67. The smallest absolute Gasteiger partial charge is 0.325 e. The Bertz CT molecular complexity index is 356. The molecule has 0 aromatic heterocycles. The van der Waals surface area contributed by atoms with Crippen LogP contribution in [0.5, 0.6) is 0 Å². The minimum absolute atomic E-state index is 0.203. The Kier molecular flexibility index (Phi) is 3.56. The molecular weight excluding hydrogens is 240 g/mol. The van der Waals surface area contributed by atoms with Gasteiger partial charge >= 0.3 is 5.97 Å². The van der Waals surface area contributed by atoms with Crippen LogP contribution in [0.25, 0.3) is 0 Å². The van der Waals surface area contributed by atoms with E-state index < -0.39 is 11.5 Å². The summed E-state index contributed by atoms with van der Waals surface area (Å²) in [5.41, 5.74) is 5.21. The lowest BCUT2D eigenvalue weighted by atomic mass is 9.75. The molecule has 0 aromatic carbocycles. The molecule has 3 N–H and O–H groups in total. The predicted octanol–water partition coefficient (Wildman–Crippen LogP) is 1.69. The van der Waals surface area contributed by atoms with E-state index in [1.807, 2.05) is 0 Å². The summed E-state index contributed by atoms with van der Waals surface area (Å²) in [4.78, 5) is 13.8. The first kappa shape index (κ1) is 13.4. The molecule has 3 rings (SSSR count). The van der Waals surface area contributed by atoms with Gasteiger partial charge in [0.1, 0.15) is 5.54 Å². The van der Waals surface area contributed by atoms with Crippen LogP contribution in [0, 0.1) is 17.8 Å². The van der Waals surface area contributed by atoms with E-state index >= 15 is 0 Å². The quantitative estimate of drug-likeness (QED) is 0.812. The zero-order valence-electron chi connectivity index (χ0n) is 11.7. The van der Waals surface area contributed by atoms with Crippen LogP contribution in [0.1, 0.15) is 44.9 Å². The van der Waals surface area contributed by atoms with Crippen molar-refractivity contribution in [2.75, 3.05) is 19.6 Å². The van der Waals surface area contributed by atoms with Gasteiger partial charge in [-0.15, -0.1) is 0 Å². The maximum atomic E-state index is 11.5. The van der Waals surface area contributed by atoms with Crippen LogP contribution >= 0.6 is 0 Å². The molecule has 1 aliphatic heterocycles. The Balaban J connectivity index is 1.62. The third kappa shape index (κ3) is 2.65. The van der Waals surface area contributed by atoms with Crippen LogP contribution in [-0.4, -0.2) is 41.1 Å².